The van der Waals surface area contributed by atoms with Crippen LogP contribution >= 0.6 is 0 Å². The minimum Gasteiger partial charge on any atom is -0.482 e. The number of ether oxygens (including phenoxy) is 2. The zero-order valence-corrected chi connectivity index (χ0v) is 13.2. The number of amides is 3. The molecule has 1 aliphatic rings. The maximum absolute atomic E-state index is 11.7. The summed E-state index contributed by atoms with van der Waals surface area (Å²) in [5.41, 5.74) is 2.56. The number of urea groups is 1. The van der Waals surface area contributed by atoms with Gasteiger partial charge in [-0.2, -0.15) is 0 Å². The van der Waals surface area contributed by atoms with Gasteiger partial charge in [-0.3, -0.25) is 10.1 Å². The molecule has 124 valence electrons. The second-order valence-corrected chi connectivity index (χ2v) is 5.27. The number of esters is 1. The first-order valence-corrected chi connectivity index (χ1v) is 7.46. The van der Waals surface area contributed by atoms with E-state index in [0.29, 0.717) is 5.75 Å². The van der Waals surface area contributed by atoms with Crippen molar-refractivity contribution in [2.24, 2.45) is 0 Å². The molecule has 2 N–H and O–H groups in total. The van der Waals surface area contributed by atoms with E-state index >= 15 is 0 Å². The van der Waals surface area contributed by atoms with Crippen molar-refractivity contribution in [3.05, 3.63) is 29.3 Å². The van der Waals surface area contributed by atoms with Gasteiger partial charge in [0.2, 0.25) is 0 Å². The van der Waals surface area contributed by atoms with Gasteiger partial charge in [-0.05, 0) is 49.4 Å². The van der Waals surface area contributed by atoms with Crippen LogP contribution < -0.4 is 15.4 Å². The number of aryl methyl sites for hydroxylation is 2. The zero-order valence-electron chi connectivity index (χ0n) is 13.2. The molecule has 0 bridgehead atoms. The maximum Gasteiger partial charge on any atom is 0.344 e. The highest BCUT2D eigenvalue weighted by atomic mass is 16.6. The van der Waals surface area contributed by atoms with Gasteiger partial charge < -0.3 is 14.8 Å². The van der Waals surface area contributed by atoms with E-state index in [-0.39, 0.29) is 6.61 Å². The standard InChI is InChI=1S/C16H20N2O5/c1-10(15(20)18-16(21)17-2)23-14(19)9-22-13-7-6-11-4-3-5-12(11)8-13/h6-8,10H,3-5,9H2,1-2H3,(H2,17,18,20,21)/t10-/m0/s1. The minimum atomic E-state index is -1.08. The van der Waals surface area contributed by atoms with Gasteiger partial charge in [-0.15, -0.1) is 0 Å². The highest BCUT2D eigenvalue weighted by molar-refractivity contribution is 5.97. The number of hydrogen-bond acceptors (Lipinski definition) is 5. The molecule has 0 aromatic heterocycles. The summed E-state index contributed by atoms with van der Waals surface area (Å²) >= 11 is 0. The molecule has 1 aromatic carbocycles. The molecular weight excluding hydrogens is 300 g/mol. The van der Waals surface area contributed by atoms with E-state index in [1.54, 1.807) is 0 Å². The van der Waals surface area contributed by atoms with E-state index in [1.807, 2.05) is 23.5 Å². The summed E-state index contributed by atoms with van der Waals surface area (Å²) in [5, 5.41) is 4.26. The third kappa shape index (κ3) is 4.70. The first kappa shape index (κ1) is 16.8. The second-order valence-electron chi connectivity index (χ2n) is 5.27. The summed E-state index contributed by atoms with van der Waals surface area (Å²) in [4.78, 5) is 34.3. The van der Waals surface area contributed by atoms with Crippen LogP contribution in [0.3, 0.4) is 0 Å². The summed E-state index contributed by atoms with van der Waals surface area (Å²) in [7, 11) is 1.38. The van der Waals surface area contributed by atoms with Crippen molar-refractivity contribution in [2.75, 3.05) is 13.7 Å². The molecule has 2 rings (SSSR count). The molecule has 1 atom stereocenters. The van der Waals surface area contributed by atoms with Gasteiger partial charge in [0.15, 0.2) is 12.7 Å². The minimum absolute atomic E-state index is 0.295. The first-order valence-electron chi connectivity index (χ1n) is 7.46. The molecule has 1 aromatic rings. The summed E-state index contributed by atoms with van der Waals surface area (Å²) in [6.45, 7) is 1.09. The second kappa shape index (κ2) is 7.62. The molecule has 0 saturated heterocycles. The van der Waals surface area contributed by atoms with Crippen molar-refractivity contribution in [3.8, 4) is 5.75 Å². The predicted octanol–water partition coefficient (Wildman–Crippen LogP) is 0.941. The Kier molecular flexibility index (Phi) is 5.56. The van der Waals surface area contributed by atoms with Crippen molar-refractivity contribution in [2.45, 2.75) is 32.3 Å². The summed E-state index contributed by atoms with van der Waals surface area (Å²) in [6, 6.07) is 5.09. The number of carbonyl (C=O) groups is 3. The third-order valence-electron chi connectivity index (χ3n) is 3.57. The molecule has 0 unspecified atom stereocenters. The van der Waals surface area contributed by atoms with Crippen LogP contribution in [0.1, 0.15) is 24.5 Å². The number of benzene rings is 1. The van der Waals surface area contributed by atoms with Gasteiger partial charge in [0.1, 0.15) is 5.75 Å². The zero-order chi connectivity index (χ0) is 16.8. The average molecular weight is 320 g/mol. The van der Waals surface area contributed by atoms with Crippen LogP contribution in [0.2, 0.25) is 0 Å². The molecule has 0 aliphatic heterocycles. The smallest absolute Gasteiger partial charge is 0.344 e. The third-order valence-corrected chi connectivity index (χ3v) is 3.57. The lowest BCUT2D eigenvalue weighted by atomic mass is 10.1. The van der Waals surface area contributed by atoms with Crippen LogP contribution in [-0.4, -0.2) is 37.7 Å². The Hall–Kier alpha value is -2.57. The molecule has 23 heavy (non-hydrogen) atoms. The number of hydrogen-bond donors (Lipinski definition) is 2. The van der Waals surface area contributed by atoms with E-state index < -0.39 is 24.0 Å². The molecule has 0 heterocycles. The van der Waals surface area contributed by atoms with Crippen LogP contribution in [0, 0.1) is 0 Å². The Morgan fingerprint density at radius 1 is 1.22 bits per heavy atom. The topological polar surface area (TPSA) is 93.7 Å². The first-order chi connectivity index (χ1) is 11.0. The molecule has 3 amide bonds. The quantitative estimate of drug-likeness (QED) is 0.788. The van der Waals surface area contributed by atoms with Crippen LogP contribution in [-0.2, 0) is 27.2 Å². The van der Waals surface area contributed by atoms with E-state index in [2.05, 4.69) is 5.32 Å². The average Bonchev–Trinajstić information content (AvgIpc) is 3.00. The van der Waals surface area contributed by atoms with E-state index in [4.69, 9.17) is 9.47 Å². The van der Waals surface area contributed by atoms with Gasteiger partial charge >= 0.3 is 12.0 Å². The van der Waals surface area contributed by atoms with Gasteiger partial charge in [-0.1, -0.05) is 6.07 Å². The fourth-order valence-corrected chi connectivity index (χ4v) is 2.34. The van der Waals surface area contributed by atoms with E-state index in [0.717, 1.165) is 19.3 Å². The molecule has 7 heteroatoms. The highest BCUT2D eigenvalue weighted by Crippen LogP contribution is 2.25. The van der Waals surface area contributed by atoms with Crippen molar-refractivity contribution in [3.63, 3.8) is 0 Å². The van der Waals surface area contributed by atoms with Gasteiger partial charge in [0.05, 0.1) is 0 Å². The maximum atomic E-state index is 11.7. The SMILES string of the molecule is CNC(=O)NC(=O)[C@H](C)OC(=O)COc1ccc2c(c1)CCC2. The Morgan fingerprint density at radius 2 is 1.96 bits per heavy atom. The highest BCUT2D eigenvalue weighted by Gasteiger charge is 2.20. The van der Waals surface area contributed by atoms with Crippen molar-refractivity contribution < 1.29 is 23.9 Å². The van der Waals surface area contributed by atoms with Gasteiger partial charge in [0.25, 0.3) is 5.91 Å². The lowest BCUT2D eigenvalue weighted by molar-refractivity contribution is -0.156. The lowest BCUT2D eigenvalue weighted by Crippen LogP contribution is -2.43. The Morgan fingerprint density at radius 3 is 2.70 bits per heavy atom. The van der Waals surface area contributed by atoms with Gasteiger partial charge in [-0.25, -0.2) is 9.59 Å². The predicted molar refractivity (Wildman–Crippen MR) is 82.1 cm³/mol. The number of imide groups is 1. The van der Waals surface area contributed by atoms with Crippen LogP contribution in [0.25, 0.3) is 0 Å². The number of rotatable bonds is 5. The van der Waals surface area contributed by atoms with E-state index in [1.165, 1.54) is 25.1 Å². The largest absolute Gasteiger partial charge is 0.482 e. The van der Waals surface area contributed by atoms with Gasteiger partial charge in [0, 0.05) is 7.05 Å². The van der Waals surface area contributed by atoms with Crippen molar-refractivity contribution in [1.29, 1.82) is 0 Å². The number of nitrogens with one attached hydrogen (secondary N) is 2. The monoisotopic (exact) mass is 320 g/mol. The summed E-state index contributed by atoms with van der Waals surface area (Å²) < 4.78 is 10.3. The Bertz CT molecular complexity index is 614. The lowest BCUT2D eigenvalue weighted by Gasteiger charge is -2.13. The molecule has 1 aliphatic carbocycles. The molecular formula is C16H20N2O5. The fourth-order valence-electron chi connectivity index (χ4n) is 2.34. The summed E-state index contributed by atoms with van der Waals surface area (Å²) in [6.07, 6.45) is 2.16. The van der Waals surface area contributed by atoms with Crippen molar-refractivity contribution in [1.82, 2.24) is 10.6 Å². The van der Waals surface area contributed by atoms with E-state index in [9.17, 15) is 14.4 Å². The Labute approximate surface area is 134 Å². The molecule has 7 nitrogen and oxygen atoms in total. The Balaban J connectivity index is 1.78. The van der Waals surface area contributed by atoms with Crippen LogP contribution in [0.5, 0.6) is 5.75 Å². The molecule has 0 radical (unpaired) electrons. The van der Waals surface area contributed by atoms with Crippen LogP contribution in [0.4, 0.5) is 4.79 Å². The summed E-state index contributed by atoms with van der Waals surface area (Å²) in [5.74, 6) is -0.773. The normalized spacial score (nSPS) is 13.7. The van der Waals surface area contributed by atoms with Crippen molar-refractivity contribution >= 4 is 17.9 Å². The molecule has 0 saturated carbocycles. The van der Waals surface area contributed by atoms with Crippen LogP contribution in [0.15, 0.2) is 18.2 Å². The number of fused-ring (bicyclic) bond motifs is 1. The number of carbonyl (C=O) groups excluding carboxylic acids is 3. The molecule has 0 spiro atoms. The fraction of sp³-hybridized carbons (Fsp3) is 0.438. The molecule has 0 fully saturated rings.